The van der Waals surface area contributed by atoms with Crippen LogP contribution >= 0.6 is 0 Å². The molecule has 2 N–H and O–H groups in total. The van der Waals surface area contributed by atoms with Crippen molar-refractivity contribution in [3.8, 4) is 0 Å². The smallest absolute Gasteiger partial charge is 0.337 e. The fraction of sp³-hybridized carbons (Fsp3) is 0.300. The van der Waals surface area contributed by atoms with Crippen molar-refractivity contribution in [2.75, 3.05) is 0 Å². The second kappa shape index (κ2) is 4.55. The standard InChI is InChI=1S/C10H8F2N2O4/c11-5(12)2-1-4-3-6(15)18-9-7(4)8(16)13-10(17)14-9/h3,5H,1-2H2,(H2,13,14,16,17). The first-order chi connectivity index (χ1) is 8.47. The molecule has 0 atom stereocenters. The predicted molar refractivity (Wildman–Crippen MR) is 58.1 cm³/mol. The summed E-state index contributed by atoms with van der Waals surface area (Å²) in [7, 11) is 0. The Kier molecular flexibility index (Phi) is 3.09. The van der Waals surface area contributed by atoms with E-state index in [0.29, 0.717) is 0 Å². The number of fused-ring (bicyclic) bond motifs is 1. The molecule has 2 heterocycles. The molecule has 96 valence electrons. The zero-order chi connectivity index (χ0) is 13.3. The summed E-state index contributed by atoms with van der Waals surface area (Å²) in [6.07, 6.45) is -3.19. The van der Waals surface area contributed by atoms with Crippen LogP contribution in [0, 0.1) is 0 Å². The molecule has 0 unspecified atom stereocenters. The Bertz CT molecular complexity index is 739. The van der Waals surface area contributed by atoms with Gasteiger partial charge in [0.25, 0.3) is 5.56 Å². The average molecular weight is 258 g/mol. The second-order valence-electron chi connectivity index (χ2n) is 3.63. The van der Waals surface area contributed by atoms with Crippen molar-refractivity contribution >= 4 is 11.1 Å². The molecule has 0 aliphatic carbocycles. The van der Waals surface area contributed by atoms with Crippen LogP contribution < -0.4 is 16.9 Å². The first-order valence-corrected chi connectivity index (χ1v) is 5.05. The minimum Gasteiger partial charge on any atom is -0.405 e. The van der Waals surface area contributed by atoms with Crippen molar-refractivity contribution in [2.24, 2.45) is 0 Å². The highest BCUT2D eigenvalue weighted by atomic mass is 19.3. The van der Waals surface area contributed by atoms with E-state index in [1.165, 1.54) is 0 Å². The van der Waals surface area contributed by atoms with E-state index in [2.05, 4.69) is 9.40 Å². The average Bonchev–Trinajstić information content (AvgIpc) is 2.24. The second-order valence-corrected chi connectivity index (χ2v) is 3.63. The Morgan fingerprint density at radius 3 is 2.61 bits per heavy atom. The van der Waals surface area contributed by atoms with E-state index in [1.54, 1.807) is 0 Å². The van der Waals surface area contributed by atoms with Crippen LogP contribution in [-0.2, 0) is 6.42 Å². The van der Waals surface area contributed by atoms with Gasteiger partial charge in [0.2, 0.25) is 12.1 Å². The number of hydrogen-bond acceptors (Lipinski definition) is 4. The number of nitrogens with one attached hydrogen (secondary N) is 2. The maximum atomic E-state index is 12.1. The molecular weight excluding hydrogens is 250 g/mol. The fourth-order valence-corrected chi connectivity index (χ4v) is 1.64. The van der Waals surface area contributed by atoms with Crippen molar-refractivity contribution in [2.45, 2.75) is 19.3 Å². The fourth-order valence-electron chi connectivity index (χ4n) is 1.64. The number of H-pyrrole nitrogens is 2. The van der Waals surface area contributed by atoms with Crippen molar-refractivity contribution < 1.29 is 13.2 Å². The zero-order valence-corrected chi connectivity index (χ0v) is 8.96. The summed E-state index contributed by atoms with van der Waals surface area (Å²) in [5.41, 5.74) is -2.60. The summed E-state index contributed by atoms with van der Waals surface area (Å²) in [5.74, 6) is 0. The number of rotatable bonds is 3. The maximum Gasteiger partial charge on any atom is 0.337 e. The van der Waals surface area contributed by atoms with Crippen LogP contribution in [0.15, 0.2) is 24.9 Å². The van der Waals surface area contributed by atoms with Crippen LogP contribution in [0.1, 0.15) is 12.0 Å². The van der Waals surface area contributed by atoms with Gasteiger partial charge in [0.1, 0.15) is 5.39 Å². The largest absolute Gasteiger partial charge is 0.405 e. The maximum absolute atomic E-state index is 12.1. The molecule has 0 aromatic carbocycles. The van der Waals surface area contributed by atoms with Gasteiger partial charge in [-0.1, -0.05) is 0 Å². The Balaban J connectivity index is 2.68. The topological polar surface area (TPSA) is 95.9 Å². The third kappa shape index (κ3) is 2.36. The van der Waals surface area contributed by atoms with Crippen LogP contribution in [0.4, 0.5) is 8.78 Å². The molecule has 0 aliphatic heterocycles. The lowest BCUT2D eigenvalue weighted by atomic mass is 10.1. The molecule has 0 saturated heterocycles. The number of aromatic nitrogens is 2. The quantitative estimate of drug-likeness (QED) is 0.831. The molecule has 0 radical (unpaired) electrons. The summed E-state index contributed by atoms with van der Waals surface area (Å²) in [6.45, 7) is 0. The van der Waals surface area contributed by atoms with E-state index in [0.717, 1.165) is 6.07 Å². The van der Waals surface area contributed by atoms with E-state index in [1.807, 2.05) is 4.98 Å². The molecule has 2 aromatic heterocycles. The van der Waals surface area contributed by atoms with Crippen molar-refractivity contribution in [3.05, 3.63) is 42.9 Å². The summed E-state index contributed by atoms with van der Waals surface area (Å²) in [5, 5.41) is -0.0881. The first kappa shape index (κ1) is 12.2. The minimum atomic E-state index is -2.55. The molecule has 8 heteroatoms. The van der Waals surface area contributed by atoms with Gasteiger partial charge < -0.3 is 4.42 Å². The predicted octanol–water partition coefficient (Wildman–Crippen LogP) is 0.367. The molecule has 2 aromatic rings. The van der Waals surface area contributed by atoms with Crippen LogP contribution in [0.3, 0.4) is 0 Å². The molecule has 0 bridgehead atoms. The summed E-state index contributed by atoms with van der Waals surface area (Å²) < 4.78 is 28.9. The molecule has 0 fully saturated rings. The zero-order valence-electron chi connectivity index (χ0n) is 8.96. The van der Waals surface area contributed by atoms with E-state index in [4.69, 9.17) is 0 Å². The highest BCUT2D eigenvalue weighted by Gasteiger charge is 2.12. The van der Waals surface area contributed by atoms with Gasteiger partial charge in [0.15, 0.2) is 0 Å². The molecule has 0 saturated carbocycles. The summed E-state index contributed by atoms with van der Waals surface area (Å²) in [6, 6.07) is 0.971. The van der Waals surface area contributed by atoms with E-state index < -0.39 is 29.7 Å². The van der Waals surface area contributed by atoms with Gasteiger partial charge in [-0.25, -0.2) is 18.4 Å². The molecular formula is C10H8F2N2O4. The van der Waals surface area contributed by atoms with Gasteiger partial charge in [0, 0.05) is 12.5 Å². The Morgan fingerprint density at radius 2 is 1.94 bits per heavy atom. The molecule has 6 nitrogen and oxygen atoms in total. The van der Waals surface area contributed by atoms with Crippen LogP contribution in [0.5, 0.6) is 0 Å². The monoisotopic (exact) mass is 258 g/mol. The molecule has 0 spiro atoms. The van der Waals surface area contributed by atoms with Gasteiger partial charge in [-0.15, -0.1) is 0 Å². The van der Waals surface area contributed by atoms with Crippen LogP contribution in [0.25, 0.3) is 11.1 Å². The molecule has 18 heavy (non-hydrogen) atoms. The van der Waals surface area contributed by atoms with Gasteiger partial charge in [-0.2, -0.15) is 0 Å². The number of halogens is 2. The van der Waals surface area contributed by atoms with Gasteiger partial charge in [-0.05, 0) is 12.0 Å². The lowest BCUT2D eigenvalue weighted by molar-refractivity contribution is 0.138. The number of alkyl halides is 2. The van der Waals surface area contributed by atoms with E-state index in [9.17, 15) is 23.2 Å². The molecule has 0 aliphatic rings. The number of aromatic amines is 2. The van der Waals surface area contributed by atoms with E-state index in [-0.39, 0.29) is 23.1 Å². The molecule has 2 rings (SSSR count). The van der Waals surface area contributed by atoms with Gasteiger partial charge in [-0.3, -0.25) is 14.8 Å². The van der Waals surface area contributed by atoms with E-state index >= 15 is 0 Å². The Morgan fingerprint density at radius 1 is 1.22 bits per heavy atom. The van der Waals surface area contributed by atoms with Crippen LogP contribution in [0.2, 0.25) is 0 Å². The van der Waals surface area contributed by atoms with Gasteiger partial charge >= 0.3 is 11.3 Å². The Labute approximate surface area is 97.3 Å². The SMILES string of the molecule is O=c1[nH]c(=O)c2c(CCC(F)F)cc(=O)oc2[nH]1. The van der Waals surface area contributed by atoms with Crippen LogP contribution in [-0.4, -0.2) is 16.4 Å². The van der Waals surface area contributed by atoms with Crippen molar-refractivity contribution in [1.29, 1.82) is 0 Å². The highest BCUT2D eigenvalue weighted by Crippen LogP contribution is 2.13. The third-order valence-electron chi connectivity index (χ3n) is 2.36. The number of aryl methyl sites for hydroxylation is 1. The minimum absolute atomic E-state index is 0.0881. The highest BCUT2D eigenvalue weighted by molar-refractivity contribution is 5.75. The summed E-state index contributed by atoms with van der Waals surface area (Å²) in [4.78, 5) is 37.8. The Hall–Kier alpha value is -2.25. The first-order valence-electron chi connectivity index (χ1n) is 5.05. The lowest BCUT2D eigenvalue weighted by Gasteiger charge is -2.03. The number of hydrogen-bond donors (Lipinski definition) is 2. The van der Waals surface area contributed by atoms with Crippen molar-refractivity contribution in [3.63, 3.8) is 0 Å². The summed E-state index contributed by atoms with van der Waals surface area (Å²) >= 11 is 0. The lowest BCUT2D eigenvalue weighted by Crippen LogP contribution is -2.24. The third-order valence-corrected chi connectivity index (χ3v) is 2.36. The normalized spacial score (nSPS) is 11.3. The van der Waals surface area contributed by atoms with Gasteiger partial charge in [0.05, 0.1) is 0 Å². The molecule has 0 amide bonds. The van der Waals surface area contributed by atoms with Crippen molar-refractivity contribution in [1.82, 2.24) is 9.97 Å².